The second-order valence-electron chi connectivity index (χ2n) is 5.05. The van der Waals surface area contributed by atoms with Crippen LogP contribution in [-0.2, 0) is 4.79 Å². The van der Waals surface area contributed by atoms with Crippen molar-refractivity contribution in [2.75, 3.05) is 6.54 Å². The van der Waals surface area contributed by atoms with E-state index in [4.69, 9.17) is 0 Å². The second kappa shape index (κ2) is 6.62. The first-order chi connectivity index (χ1) is 8.06. The summed E-state index contributed by atoms with van der Waals surface area (Å²) in [6, 6.07) is -0.00139. The molecule has 2 unspecified atom stereocenters. The maximum atomic E-state index is 11.7. The summed E-state index contributed by atoms with van der Waals surface area (Å²) >= 11 is 0. The van der Waals surface area contributed by atoms with Gasteiger partial charge in [-0.1, -0.05) is 39.5 Å². The molecule has 1 aliphatic rings. The van der Waals surface area contributed by atoms with Crippen molar-refractivity contribution >= 4 is 11.9 Å². The molecule has 3 amide bonds. The van der Waals surface area contributed by atoms with Gasteiger partial charge in [0.25, 0.3) is 0 Å². The number of carbonyl (C=O) groups is 2. The van der Waals surface area contributed by atoms with Crippen molar-refractivity contribution in [1.82, 2.24) is 10.2 Å². The van der Waals surface area contributed by atoms with Crippen LogP contribution in [0.2, 0.25) is 0 Å². The number of amides is 3. The van der Waals surface area contributed by atoms with Gasteiger partial charge in [-0.15, -0.1) is 0 Å². The summed E-state index contributed by atoms with van der Waals surface area (Å²) in [6.45, 7) is 6.67. The quantitative estimate of drug-likeness (QED) is 0.725. The average molecular weight is 240 g/mol. The molecular formula is C13H24N2O2. The van der Waals surface area contributed by atoms with Gasteiger partial charge in [0.2, 0.25) is 5.91 Å². The Morgan fingerprint density at radius 1 is 1.35 bits per heavy atom. The Bertz CT molecular complexity index is 279. The minimum absolute atomic E-state index is 0.0919. The molecule has 1 saturated heterocycles. The van der Waals surface area contributed by atoms with Crippen molar-refractivity contribution < 1.29 is 9.59 Å². The van der Waals surface area contributed by atoms with Gasteiger partial charge in [0.05, 0.1) is 5.92 Å². The Kier molecular flexibility index (Phi) is 5.45. The van der Waals surface area contributed by atoms with Gasteiger partial charge < -0.3 is 4.90 Å². The third kappa shape index (κ3) is 4.02. The van der Waals surface area contributed by atoms with Gasteiger partial charge in [-0.25, -0.2) is 4.79 Å². The predicted octanol–water partition coefficient (Wildman–Crippen LogP) is 2.53. The van der Waals surface area contributed by atoms with Gasteiger partial charge in [0.1, 0.15) is 0 Å². The van der Waals surface area contributed by atoms with Crippen molar-refractivity contribution in [2.45, 2.75) is 58.9 Å². The van der Waals surface area contributed by atoms with Crippen molar-refractivity contribution in [3.8, 4) is 0 Å². The third-order valence-corrected chi connectivity index (χ3v) is 3.42. The molecule has 0 aliphatic carbocycles. The number of nitrogens with zero attached hydrogens (tertiary/aromatic N) is 1. The standard InChI is InChI=1S/C13H24N2O2/c1-4-5-6-7-8-11(3)15-9-10(2)12(16)14-13(15)17/h10-11H,4-9H2,1-3H3,(H,14,16,17). The molecule has 0 bridgehead atoms. The zero-order valence-electron chi connectivity index (χ0n) is 11.2. The van der Waals surface area contributed by atoms with E-state index in [0.717, 1.165) is 12.8 Å². The summed E-state index contributed by atoms with van der Waals surface area (Å²) in [5.41, 5.74) is 0. The Morgan fingerprint density at radius 3 is 2.71 bits per heavy atom. The Balaban J connectivity index is 2.37. The van der Waals surface area contributed by atoms with Gasteiger partial charge in [-0.3, -0.25) is 10.1 Å². The maximum absolute atomic E-state index is 11.7. The smallest absolute Gasteiger partial charge is 0.321 e. The van der Waals surface area contributed by atoms with E-state index in [-0.39, 0.29) is 23.9 Å². The first-order valence-electron chi connectivity index (χ1n) is 6.67. The Labute approximate surface area is 104 Å². The number of unbranched alkanes of at least 4 members (excludes halogenated alkanes) is 3. The first-order valence-corrected chi connectivity index (χ1v) is 6.67. The van der Waals surface area contributed by atoms with Crippen LogP contribution in [0.1, 0.15) is 52.9 Å². The van der Waals surface area contributed by atoms with E-state index in [0.29, 0.717) is 6.54 Å². The van der Waals surface area contributed by atoms with Crippen LogP contribution in [0.3, 0.4) is 0 Å². The van der Waals surface area contributed by atoms with Gasteiger partial charge in [0, 0.05) is 12.6 Å². The summed E-state index contributed by atoms with van der Waals surface area (Å²) in [5, 5.41) is 2.41. The Hall–Kier alpha value is -1.06. The molecule has 98 valence electrons. The number of hydrogen-bond donors (Lipinski definition) is 1. The number of hydrogen-bond acceptors (Lipinski definition) is 2. The zero-order valence-corrected chi connectivity index (χ0v) is 11.2. The van der Waals surface area contributed by atoms with Gasteiger partial charge in [0.15, 0.2) is 0 Å². The van der Waals surface area contributed by atoms with Gasteiger partial charge in [-0.2, -0.15) is 0 Å². The van der Waals surface area contributed by atoms with Crippen LogP contribution in [0.5, 0.6) is 0 Å². The number of rotatable bonds is 6. The Morgan fingerprint density at radius 2 is 2.06 bits per heavy atom. The van der Waals surface area contributed by atoms with Gasteiger partial charge >= 0.3 is 6.03 Å². The molecule has 1 N–H and O–H groups in total. The molecule has 1 rings (SSSR count). The monoisotopic (exact) mass is 240 g/mol. The molecule has 0 radical (unpaired) electrons. The van der Waals surface area contributed by atoms with E-state index in [2.05, 4.69) is 19.2 Å². The first kappa shape index (κ1) is 14.0. The van der Waals surface area contributed by atoms with E-state index < -0.39 is 0 Å². The highest BCUT2D eigenvalue weighted by Gasteiger charge is 2.31. The average Bonchev–Trinajstić information content (AvgIpc) is 2.29. The lowest BCUT2D eigenvalue weighted by Crippen LogP contribution is -2.56. The zero-order chi connectivity index (χ0) is 12.8. The number of urea groups is 1. The number of imide groups is 1. The van der Waals surface area contributed by atoms with E-state index in [1.54, 1.807) is 4.90 Å². The van der Waals surface area contributed by atoms with Crippen molar-refractivity contribution in [1.29, 1.82) is 0 Å². The fourth-order valence-electron chi connectivity index (χ4n) is 2.16. The van der Waals surface area contributed by atoms with E-state index in [1.807, 2.05) is 6.92 Å². The van der Waals surface area contributed by atoms with Crippen molar-refractivity contribution in [2.24, 2.45) is 5.92 Å². The van der Waals surface area contributed by atoms with Crippen LogP contribution >= 0.6 is 0 Å². The minimum atomic E-state index is -0.226. The lowest BCUT2D eigenvalue weighted by Gasteiger charge is -2.35. The summed E-state index contributed by atoms with van der Waals surface area (Å²) in [6.07, 6.45) is 5.89. The van der Waals surface area contributed by atoms with Crippen molar-refractivity contribution in [3.05, 3.63) is 0 Å². The fraction of sp³-hybridized carbons (Fsp3) is 0.846. The van der Waals surface area contributed by atoms with Crippen LogP contribution in [-0.4, -0.2) is 29.4 Å². The number of nitrogens with one attached hydrogen (secondary N) is 1. The fourth-order valence-corrected chi connectivity index (χ4v) is 2.16. The maximum Gasteiger partial charge on any atom is 0.324 e. The molecule has 2 atom stereocenters. The highest BCUT2D eigenvalue weighted by Crippen LogP contribution is 2.15. The molecule has 4 nitrogen and oxygen atoms in total. The molecule has 1 heterocycles. The summed E-state index contributed by atoms with van der Waals surface area (Å²) < 4.78 is 0. The molecule has 4 heteroatoms. The van der Waals surface area contributed by atoms with Crippen LogP contribution in [0.25, 0.3) is 0 Å². The lowest BCUT2D eigenvalue weighted by molar-refractivity contribution is -0.125. The molecule has 0 spiro atoms. The van der Waals surface area contributed by atoms with Crippen LogP contribution in [0, 0.1) is 5.92 Å². The number of carbonyl (C=O) groups excluding carboxylic acids is 2. The van der Waals surface area contributed by atoms with Crippen LogP contribution < -0.4 is 5.32 Å². The summed E-state index contributed by atoms with van der Waals surface area (Å²) in [7, 11) is 0. The topological polar surface area (TPSA) is 49.4 Å². The molecule has 1 aliphatic heterocycles. The van der Waals surface area contributed by atoms with Crippen LogP contribution in [0.4, 0.5) is 4.79 Å². The molecule has 0 aromatic heterocycles. The molecule has 17 heavy (non-hydrogen) atoms. The molecular weight excluding hydrogens is 216 g/mol. The summed E-state index contributed by atoms with van der Waals surface area (Å²) in [5.74, 6) is -0.241. The molecule has 1 fully saturated rings. The second-order valence-corrected chi connectivity index (χ2v) is 5.05. The van der Waals surface area contributed by atoms with E-state index >= 15 is 0 Å². The lowest BCUT2D eigenvalue weighted by atomic mass is 10.0. The van der Waals surface area contributed by atoms with Crippen molar-refractivity contribution in [3.63, 3.8) is 0 Å². The van der Waals surface area contributed by atoms with Crippen LogP contribution in [0.15, 0.2) is 0 Å². The van der Waals surface area contributed by atoms with E-state index in [1.165, 1.54) is 19.3 Å². The highest BCUT2D eigenvalue weighted by molar-refractivity contribution is 5.97. The SMILES string of the molecule is CCCCCCC(C)N1CC(C)C(=O)NC1=O. The van der Waals surface area contributed by atoms with Gasteiger partial charge in [-0.05, 0) is 13.3 Å². The normalized spacial score (nSPS) is 22.5. The largest absolute Gasteiger partial charge is 0.324 e. The summed E-state index contributed by atoms with van der Waals surface area (Å²) in [4.78, 5) is 24.8. The molecule has 0 saturated carbocycles. The minimum Gasteiger partial charge on any atom is -0.321 e. The third-order valence-electron chi connectivity index (χ3n) is 3.42. The predicted molar refractivity (Wildman–Crippen MR) is 67.6 cm³/mol. The van der Waals surface area contributed by atoms with E-state index in [9.17, 15) is 9.59 Å². The molecule has 0 aromatic carbocycles. The highest BCUT2D eigenvalue weighted by atomic mass is 16.2. The molecule has 0 aromatic rings.